The van der Waals surface area contributed by atoms with E-state index in [-0.39, 0.29) is 35.9 Å². The number of aromatic nitrogens is 1. The van der Waals surface area contributed by atoms with Crippen LogP contribution in [-0.2, 0) is 9.53 Å². The zero-order valence-corrected chi connectivity index (χ0v) is 23.1. The topological polar surface area (TPSA) is 90.3 Å². The zero-order valence-electron chi connectivity index (χ0n) is 22.3. The fourth-order valence-corrected chi connectivity index (χ4v) is 6.93. The fourth-order valence-electron chi connectivity index (χ4n) is 5.91. The Labute approximate surface area is 229 Å². The molecule has 38 heavy (non-hydrogen) atoms. The molecule has 0 bridgehead atoms. The van der Waals surface area contributed by atoms with Crippen LogP contribution in [0.4, 0.5) is 0 Å². The van der Waals surface area contributed by atoms with Gasteiger partial charge in [0, 0.05) is 42.8 Å². The Bertz CT molecular complexity index is 1240. The quantitative estimate of drug-likeness (QED) is 0.511. The smallest absolute Gasteiger partial charge is 0.245 e. The molecule has 3 heterocycles. The number of nitriles is 1. The van der Waals surface area contributed by atoms with Crippen LogP contribution in [-0.4, -0.2) is 54.7 Å². The van der Waals surface area contributed by atoms with Gasteiger partial charge in [-0.15, -0.1) is 11.3 Å². The van der Waals surface area contributed by atoms with Gasteiger partial charge in [0.2, 0.25) is 5.91 Å². The largest absolute Gasteiger partial charge is 0.381 e. The van der Waals surface area contributed by atoms with E-state index in [2.05, 4.69) is 46.6 Å². The first kappa shape index (κ1) is 26.6. The van der Waals surface area contributed by atoms with Crippen molar-refractivity contribution in [3.63, 3.8) is 0 Å². The third-order valence-corrected chi connectivity index (χ3v) is 9.29. The average molecular weight is 532 g/mol. The third-order valence-electron chi connectivity index (χ3n) is 8.32. The number of carbonyl (C=O) groups is 1. The minimum atomic E-state index is -0.318. The van der Waals surface area contributed by atoms with E-state index in [0.29, 0.717) is 13.2 Å². The van der Waals surface area contributed by atoms with E-state index in [4.69, 9.17) is 9.72 Å². The molecule has 3 aliphatic rings. The van der Waals surface area contributed by atoms with Crippen molar-refractivity contribution in [2.45, 2.75) is 63.1 Å². The molecule has 2 N–H and O–H groups in total. The number of carbonyl (C=O) groups excluding carboxylic acids is 1. The van der Waals surface area contributed by atoms with Crippen molar-refractivity contribution in [3.8, 4) is 6.07 Å². The number of benzene rings is 1. The van der Waals surface area contributed by atoms with Gasteiger partial charge in [0.15, 0.2) is 0 Å². The summed E-state index contributed by atoms with van der Waals surface area (Å²) in [5, 5.41) is 19.5. The van der Waals surface area contributed by atoms with E-state index < -0.39 is 0 Å². The van der Waals surface area contributed by atoms with Crippen molar-refractivity contribution in [2.75, 3.05) is 26.8 Å². The lowest BCUT2D eigenvalue weighted by molar-refractivity contribution is -0.136. The highest BCUT2D eigenvalue weighted by Gasteiger charge is 2.40. The van der Waals surface area contributed by atoms with Crippen LogP contribution in [0.5, 0.6) is 0 Å². The van der Waals surface area contributed by atoms with Gasteiger partial charge in [-0.2, -0.15) is 5.26 Å². The summed E-state index contributed by atoms with van der Waals surface area (Å²) in [6.07, 6.45) is 6.42. The van der Waals surface area contributed by atoms with Crippen LogP contribution >= 0.6 is 11.3 Å². The molecule has 1 unspecified atom stereocenters. The number of hydrogen-bond donors (Lipinski definition) is 2. The molecule has 2 aromatic rings. The summed E-state index contributed by atoms with van der Waals surface area (Å²) in [5.74, 6) is 0.483. The number of ether oxygens (including phenoxy) is 1. The highest BCUT2D eigenvalue weighted by molar-refractivity contribution is 7.09. The maximum Gasteiger partial charge on any atom is 0.245 e. The number of amides is 1. The molecule has 0 radical (unpaired) electrons. The molecular weight excluding hydrogens is 494 g/mol. The molecule has 2 saturated heterocycles. The van der Waals surface area contributed by atoms with Crippen molar-refractivity contribution in [1.82, 2.24) is 20.5 Å². The van der Waals surface area contributed by atoms with Gasteiger partial charge in [0.1, 0.15) is 11.0 Å². The minimum absolute atomic E-state index is 0.00979. The normalized spacial score (nSPS) is 23.2. The Morgan fingerprint density at radius 2 is 2.08 bits per heavy atom. The van der Waals surface area contributed by atoms with Gasteiger partial charge in [0.25, 0.3) is 0 Å². The SMILES string of the molecule is C=C(N[C@H](C(=O)N1CCC[C@H]1c1nc(C2CC=C(C#N)c3ccccc32)cs1)C1CCOCC1)[C@H](C)NC. The Hall–Kier alpha value is -2.99. The number of rotatable bonds is 8. The molecule has 1 amide bonds. The van der Waals surface area contributed by atoms with Crippen molar-refractivity contribution in [3.05, 3.63) is 69.8 Å². The first-order valence-electron chi connectivity index (χ1n) is 13.7. The van der Waals surface area contributed by atoms with Gasteiger partial charge in [0.05, 0.1) is 23.4 Å². The van der Waals surface area contributed by atoms with Crippen LogP contribution in [0, 0.1) is 17.2 Å². The molecule has 4 atom stereocenters. The number of nitrogens with zero attached hydrogens (tertiary/aromatic N) is 3. The minimum Gasteiger partial charge on any atom is -0.381 e. The molecule has 5 rings (SSSR count). The summed E-state index contributed by atoms with van der Waals surface area (Å²) < 4.78 is 5.60. The van der Waals surface area contributed by atoms with Crippen molar-refractivity contribution in [2.24, 2.45) is 5.92 Å². The van der Waals surface area contributed by atoms with Crippen LogP contribution in [0.2, 0.25) is 0 Å². The second-order valence-corrected chi connectivity index (χ2v) is 11.4. The summed E-state index contributed by atoms with van der Waals surface area (Å²) in [5.41, 5.74) is 4.76. The molecule has 7 nitrogen and oxygen atoms in total. The summed E-state index contributed by atoms with van der Waals surface area (Å²) in [6.45, 7) is 8.39. The van der Waals surface area contributed by atoms with Crippen molar-refractivity contribution >= 4 is 22.8 Å². The standard InChI is InChI=1S/C30H37N5O2S/c1-19(32-3)20(2)33-28(21-12-15-37-16-13-21)30(36)35-14-6-9-27(35)29-34-26(18-38-29)25-11-10-22(17-31)23-7-4-5-8-24(23)25/h4-5,7-8,10,18-19,21,25,27-28,32-33H,2,6,9,11-16H2,1,3H3/t19-,25?,27-,28-/m0/s1. The maximum atomic E-state index is 14.1. The van der Waals surface area contributed by atoms with E-state index in [1.807, 2.05) is 31.3 Å². The number of thiazole rings is 1. The number of nitrogens with one attached hydrogen (secondary N) is 2. The first-order chi connectivity index (χ1) is 18.5. The monoisotopic (exact) mass is 531 g/mol. The van der Waals surface area contributed by atoms with E-state index in [1.54, 1.807) is 11.3 Å². The van der Waals surface area contributed by atoms with Crippen LogP contribution in [0.3, 0.4) is 0 Å². The van der Waals surface area contributed by atoms with E-state index in [0.717, 1.165) is 71.7 Å². The van der Waals surface area contributed by atoms with Gasteiger partial charge in [-0.25, -0.2) is 4.98 Å². The second-order valence-electron chi connectivity index (χ2n) is 10.5. The molecule has 200 valence electrons. The Kier molecular flexibility index (Phi) is 8.27. The molecule has 2 fully saturated rings. The lowest BCUT2D eigenvalue weighted by Gasteiger charge is -2.36. The summed E-state index contributed by atoms with van der Waals surface area (Å²) in [4.78, 5) is 21.3. The summed E-state index contributed by atoms with van der Waals surface area (Å²) in [6, 6.07) is 10.2. The molecule has 1 aromatic carbocycles. The number of likely N-dealkylation sites (N-methyl/N-ethyl adjacent to an activating group) is 1. The predicted molar refractivity (Wildman–Crippen MR) is 150 cm³/mol. The van der Waals surface area contributed by atoms with Gasteiger partial charge < -0.3 is 20.3 Å². The summed E-state index contributed by atoms with van der Waals surface area (Å²) >= 11 is 1.65. The van der Waals surface area contributed by atoms with Crippen LogP contribution < -0.4 is 10.6 Å². The average Bonchev–Trinajstić information content (AvgIpc) is 3.65. The van der Waals surface area contributed by atoms with Crippen LogP contribution in [0.25, 0.3) is 5.57 Å². The molecule has 0 saturated carbocycles. The lowest BCUT2D eigenvalue weighted by Crippen LogP contribution is -2.52. The number of allylic oxidation sites excluding steroid dienone is 2. The van der Waals surface area contributed by atoms with E-state index >= 15 is 0 Å². The van der Waals surface area contributed by atoms with Gasteiger partial charge in [-0.1, -0.05) is 36.9 Å². The number of hydrogen-bond acceptors (Lipinski definition) is 7. The van der Waals surface area contributed by atoms with E-state index in [9.17, 15) is 10.1 Å². The van der Waals surface area contributed by atoms with E-state index in [1.165, 1.54) is 0 Å². The Balaban J connectivity index is 1.37. The second kappa shape index (κ2) is 11.8. The van der Waals surface area contributed by atoms with Gasteiger partial charge >= 0.3 is 0 Å². The Morgan fingerprint density at radius 3 is 2.84 bits per heavy atom. The first-order valence-corrected chi connectivity index (χ1v) is 14.6. The van der Waals surface area contributed by atoms with Crippen molar-refractivity contribution < 1.29 is 9.53 Å². The molecule has 8 heteroatoms. The lowest BCUT2D eigenvalue weighted by atomic mass is 9.82. The molecule has 2 aliphatic heterocycles. The number of likely N-dealkylation sites (tertiary alicyclic amines) is 1. The molecule has 1 aliphatic carbocycles. The van der Waals surface area contributed by atoms with Gasteiger partial charge in [-0.3, -0.25) is 4.79 Å². The predicted octanol–water partition coefficient (Wildman–Crippen LogP) is 4.76. The van der Waals surface area contributed by atoms with Crippen LogP contribution in [0.15, 0.2) is 48.0 Å². The van der Waals surface area contributed by atoms with Crippen molar-refractivity contribution in [1.29, 1.82) is 5.26 Å². The van der Waals surface area contributed by atoms with Gasteiger partial charge in [-0.05, 0) is 63.1 Å². The molecule has 1 aromatic heterocycles. The Morgan fingerprint density at radius 1 is 1.29 bits per heavy atom. The fraction of sp³-hybridized carbons (Fsp3) is 0.500. The molecular formula is C30H37N5O2S. The molecule has 0 spiro atoms. The highest BCUT2D eigenvalue weighted by Crippen LogP contribution is 2.41. The maximum absolute atomic E-state index is 14.1. The van der Waals surface area contributed by atoms with Crippen LogP contribution in [0.1, 0.15) is 72.8 Å². The highest BCUT2D eigenvalue weighted by atomic mass is 32.1. The zero-order chi connectivity index (χ0) is 26.6. The number of fused-ring (bicyclic) bond motifs is 1. The third kappa shape index (κ3) is 5.28. The summed E-state index contributed by atoms with van der Waals surface area (Å²) in [7, 11) is 1.90.